The maximum absolute atomic E-state index is 12.2. The highest BCUT2D eigenvalue weighted by atomic mass is 35.5. The van der Waals surface area contributed by atoms with Crippen molar-refractivity contribution >= 4 is 23.5 Å². The first kappa shape index (κ1) is 16.8. The van der Waals surface area contributed by atoms with E-state index in [1.54, 1.807) is 13.8 Å². The molecule has 22 heavy (non-hydrogen) atoms. The Kier molecular flexibility index (Phi) is 5.08. The summed E-state index contributed by atoms with van der Waals surface area (Å²) in [5.41, 5.74) is 0.236. The molecular formula is C16H22ClN3O2. The van der Waals surface area contributed by atoms with Crippen molar-refractivity contribution in [2.75, 3.05) is 19.6 Å². The van der Waals surface area contributed by atoms with Gasteiger partial charge in [-0.1, -0.05) is 36.7 Å². The van der Waals surface area contributed by atoms with Gasteiger partial charge in [-0.2, -0.15) is 0 Å². The van der Waals surface area contributed by atoms with Crippen LogP contribution in [-0.2, 0) is 11.3 Å². The molecule has 0 atom stereocenters. The first-order valence-corrected chi connectivity index (χ1v) is 7.83. The van der Waals surface area contributed by atoms with Gasteiger partial charge < -0.3 is 5.32 Å². The number of nitrogens with zero attached hydrogens (tertiary/aromatic N) is 2. The first-order valence-electron chi connectivity index (χ1n) is 7.45. The molecular weight excluding hydrogens is 302 g/mol. The number of hydrogen-bond acceptors (Lipinski definition) is 3. The second kappa shape index (κ2) is 6.67. The summed E-state index contributed by atoms with van der Waals surface area (Å²) in [5.74, 6) is -0.175. The van der Waals surface area contributed by atoms with Gasteiger partial charge in [-0.15, -0.1) is 0 Å². The van der Waals surface area contributed by atoms with E-state index < -0.39 is 5.54 Å². The summed E-state index contributed by atoms with van der Waals surface area (Å²) in [6, 6.07) is 7.39. The third-order valence-corrected chi connectivity index (χ3v) is 4.25. The van der Waals surface area contributed by atoms with Crippen LogP contribution >= 0.6 is 11.6 Å². The number of hydrogen-bond donors (Lipinski definition) is 1. The van der Waals surface area contributed by atoms with E-state index in [0.29, 0.717) is 19.6 Å². The van der Waals surface area contributed by atoms with E-state index >= 15 is 0 Å². The second-order valence-corrected chi connectivity index (χ2v) is 6.38. The fourth-order valence-electron chi connectivity index (χ4n) is 2.48. The number of urea groups is 1. The maximum atomic E-state index is 12.2. The topological polar surface area (TPSA) is 52.6 Å². The highest BCUT2D eigenvalue weighted by Crippen LogP contribution is 2.18. The number of imide groups is 1. The molecule has 1 aromatic rings. The predicted molar refractivity (Wildman–Crippen MR) is 86.7 cm³/mol. The zero-order valence-electron chi connectivity index (χ0n) is 13.2. The van der Waals surface area contributed by atoms with Crippen molar-refractivity contribution in [1.82, 2.24) is 15.1 Å². The molecule has 1 fully saturated rings. The second-order valence-electron chi connectivity index (χ2n) is 5.97. The molecule has 0 spiro atoms. The van der Waals surface area contributed by atoms with Gasteiger partial charge in [0.25, 0.3) is 5.91 Å². The number of carbonyl (C=O) groups excluding carboxylic acids is 2. The van der Waals surface area contributed by atoms with Gasteiger partial charge in [0.15, 0.2) is 0 Å². The molecule has 3 amide bonds. The minimum absolute atomic E-state index is 0.175. The molecule has 1 N–H and O–H groups in total. The van der Waals surface area contributed by atoms with E-state index in [-0.39, 0.29) is 11.9 Å². The van der Waals surface area contributed by atoms with Crippen LogP contribution in [-0.4, -0.2) is 46.9 Å². The van der Waals surface area contributed by atoms with Crippen LogP contribution in [0.2, 0.25) is 5.02 Å². The third kappa shape index (κ3) is 3.59. The summed E-state index contributed by atoms with van der Waals surface area (Å²) in [5, 5.41) is 3.42. The molecule has 1 aliphatic heterocycles. The maximum Gasteiger partial charge on any atom is 0.325 e. The Balaban J connectivity index is 1.96. The van der Waals surface area contributed by atoms with Gasteiger partial charge in [-0.3, -0.25) is 14.6 Å². The molecule has 2 rings (SSSR count). The molecule has 1 aromatic carbocycles. The van der Waals surface area contributed by atoms with Crippen LogP contribution in [0.15, 0.2) is 24.3 Å². The SMILES string of the molecule is CCN(CCN1C(=O)NC(C)(C)C1=O)Cc1ccccc1Cl. The Bertz CT molecular complexity index is 574. The van der Waals surface area contributed by atoms with Crippen molar-refractivity contribution < 1.29 is 9.59 Å². The fourth-order valence-corrected chi connectivity index (χ4v) is 2.67. The van der Waals surface area contributed by atoms with Gasteiger partial charge in [0.2, 0.25) is 0 Å². The molecule has 5 nitrogen and oxygen atoms in total. The van der Waals surface area contributed by atoms with Gasteiger partial charge in [0.05, 0.1) is 0 Å². The van der Waals surface area contributed by atoms with Crippen LogP contribution in [0.5, 0.6) is 0 Å². The summed E-state index contributed by atoms with van der Waals surface area (Å²) in [7, 11) is 0. The molecule has 0 bridgehead atoms. The summed E-state index contributed by atoms with van der Waals surface area (Å²) >= 11 is 6.18. The average Bonchev–Trinajstić information content (AvgIpc) is 2.66. The van der Waals surface area contributed by atoms with E-state index in [9.17, 15) is 9.59 Å². The van der Waals surface area contributed by atoms with Crippen LogP contribution < -0.4 is 5.32 Å². The largest absolute Gasteiger partial charge is 0.325 e. The van der Waals surface area contributed by atoms with Crippen LogP contribution in [0.1, 0.15) is 26.3 Å². The molecule has 0 aromatic heterocycles. The molecule has 6 heteroatoms. The molecule has 120 valence electrons. The predicted octanol–water partition coefficient (Wildman–Crippen LogP) is 2.49. The smallest absolute Gasteiger partial charge is 0.324 e. The van der Waals surface area contributed by atoms with E-state index in [1.165, 1.54) is 4.90 Å². The number of carbonyl (C=O) groups is 2. The van der Waals surface area contributed by atoms with Crippen molar-refractivity contribution in [1.29, 1.82) is 0 Å². The Labute approximate surface area is 136 Å². The van der Waals surface area contributed by atoms with Gasteiger partial charge >= 0.3 is 6.03 Å². The number of likely N-dealkylation sites (N-methyl/N-ethyl adjacent to an activating group) is 1. The molecule has 1 aliphatic rings. The number of amides is 3. The lowest BCUT2D eigenvalue weighted by atomic mass is 10.1. The minimum Gasteiger partial charge on any atom is -0.324 e. The Morgan fingerprint density at radius 3 is 2.50 bits per heavy atom. The van der Waals surface area contributed by atoms with Crippen LogP contribution in [0.4, 0.5) is 4.79 Å². The summed E-state index contributed by atoms with van der Waals surface area (Å²) < 4.78 is 0. The van der Waals surface area contributed by atoms with Crippen molar-refractivity contribution in [3.63, 3.8) is 0 Å². The van der Waals surface area contributed by atoms with Crippen LogP contribution in [0.3, 0.4) is 0 Å². The van der Waals surface area contributed by atoms with Crippen LogP contribution in [0.25, 0.3) is 0 Å². The lowest BCUT2D eigenvalue weighted by Gasteiger charge is -2.23. The zero-order valence-corrected chi connectivity index (χ0v) is 14.0. The molecule has 0 unspecified atom stereocenters. The first-order chi connectivity index (χ1) is 10.3. The standard InChI is InChI=1S/C16H22ClN3O2/c1-4-19(11-12-7-5-6-8-13(12)17)9-10-20-14(21)16(2,3)18-15(20)22/h5-8H,4,9-11H2,1-3H3,(H,18,22). The van der Waals surface area contributed by atoms with Crippen molar-refractivity contribution in [2.24, 2.45) is 0 Å². The lowest BCUT2D eigenvalue weighted by molar-refractivity contribution is -0.130. The monoisotopic (exact) mass is 323 g/mol. The van der Waals surface area contributed by atoms with Gasteiger partial charge in [-0.05, 0) is 32.0 Å². The summed E-state index contributed by atoms with van der Waals surface area (Å²) in [6.07, 6.45) is 0. The fraction of sp³-hybridized carbons (Fsp3) is 0.500. The molecule has 0 radical (unpaired) electrons. The van der Waals surface area contributed by atoms with E-state index in [0.717, 1.165) is 17.1 Å². The van der Waals surface area contributed by atoms with Crippen molar-refractivity contribution in [3.05, 3.63) is 34.9 Å². The highest BCUT2D eigenvalue weighted by Gasteiger charge is 2.43. The van der Waals surface area contributed by atoms with Crippen molar-refractivity contribution in [3.8, 4) is 0 Å². The quantitative estimate of drug-likeness (QED) is 0.818. The molecule has 1 saturated heterocycles. The Morgan fingerprint density at radius 2 is 1.95 bits per heavy atom. The van der Waals surface area contributed by atoms with Gasteiger partial charge in [-0.25, -0.2) is 4.79 Å². The normalized spacial score (nSPS) is 17.2. The molecule has 1 heterocycles. The molecule has 0 saturated carbocycles. The van der Waals surface area contributed by atoms with E-state index in [1.807, 2.05) is 31.2 Å². The number of benzene rings is 1. The lowest BCUT2D eigenvalue weighted by Crippen LogP contribution is -2.41. The highest BCUT2D eigenvalue weighted by molar-refractivity contribution is 6.31. The van der Waals surface area contributed by atoms with Gasteiger partial charge in [0, 0.05) is 24.7 Å². The zero-order chi connectivity index (χ0) is 16.3. The summed E-state index contributed by atoms with van der Waals surface area (Å²) in [6.45, 7) is 8.00. The number of halogens is 1. The van der Waals surface area contributed by atoms with Crippen LogP contribution in [0, 0.1) is 0 Å². The minimum atomic E-state index is -0.809. The number of rotatable bonds is 6. The number of nitrogens with one attached hydrogen (secondary N) is 1. The summed E-state index contributed by atoms with van der Waals surface area (Å²) in [4.78, 5) is 27.5. The van der Waals surface area contributed by atoms with Crippen molar-refractivity contribution in [2.45, 2.75) is 32.9 Å². The Hall–Kier alpha value is -1.59. The third-order valence-electron chi connectivity index (χ3n) is 3.88. The average molecular weight is 324 g/mol. The Morgan fingerprint density at radius 1 is 1.27 bits per heavy atom. The van der Waals surface area contributed by atoms with Gasteiger partial charge in [0.1, 0.15) is 5.54 Å². The van der Waals surface area contributed by atoms with E-state index in [4.69, 9.17) is 11.6 Å². The molecule has 0 aliphatic carbocycles. The van der Waals surface area contributed by atoms with E-state index in [2.05, 4.69) is 10.2 Å².